The fourth-order valence-electron chi connectivity index (χ4n) is 4.20. The predicted molar refractivity (Wildman–Crippen MR) is 157 cm³/mol. The zero-order valence-corrected chi connectivity index (χ0v) is 23.6. The molecule has 0 aliphatic heterocycles. The van der Waals surface area contributed by atoms with Crippen molar-refractivity contribution < 1.29 is 9.59 Å². The van der Waals surface area contributed by atoms with Crippen molar-refractivity contribution in [2.24, 2.45) is 5.92 Å². The van der Waals surface area contributed by atoms with Crippen LogP contribution in [0.1, 0.15) is 25.0 Å². The Morgan fingerprint density at radius 2 is 1.66 bits per heavy atom. The molecule has 3 amide bonds. The molecule has 0 fully saturated rings. The molecule has 1 heterocycles. The van der Waals surface area contributed by atoms with E-state index in [1.54, 1.807) is 4.68 Å². The SMILES string of the molecule is Cc1ccc(-n2nc(-c3ccccc3)cc2NC(=O)CN(CC(C)C)C(=O)Nc2ccc(Br)cc2)c(C)c1. The van der Waals surface area contributed by atoms with Gasteiger partial charge in [-0.15, -0.1) is 0 Å². The first kappa shape index (κ1) is 27.1. The second kappa shape index (κ2) is 12.1. The Balaban J connectivity index is 1.59. The summed E-state index contributed by atoms with van der Waals surface area (Å²) in [7, 11) is 0. The summed E-state index contributed by atoms with van der Waals surface area (Å²) in [5.74, 6) is 0.421. The van der Waals surface area contributed by atoms with Gasteiger partial charge in [-0.05, 0) is 55.7 Å². The highest BCUT2D eigenvalue weighted by molar-refractivity contribution is 9.10. The van der Waals surface area contributed by atoms with Crippen molar-refractivity contribution in [2.75, 3.05) is 23.7 Å². The van der Waals surface area contributed by atoms with Crippen LogP contribution in [0.2, 0.25) is 0 Å². The third-order valence-corrected chi connectivity index (χ3v) is 6.46. The lowest BCUT2D eigenvalue weighted by atomic mass is 10.1. The van der Waals surface area contributed by atoms with Gasteiger partial charge in [-0.25, -0.2) is 9.48 Å². The number of halogens is 1. The molecule has 8 heteroatoms. The van der Waals surface area contributed by atoms with E-state index in [0.717, 1.165) is 32.5 Å². The zero-order chi connectivity index (χ0) is 27.2. The van der Waals surface area contributed by atoms with E-state index in [1.807, 2.05) is 100 Å². The highest BCUT2D eigenvalue weighted by Crippen LogP contribution is 2.27. The Morgan fingerprint density at radius 1 is 0.947 bits per heavy atom. The van der Waals surface area contributed by atoms with E-state index in [9.17, 15) is 9.59 Å². The van der Waals surface area contributed by atoms with Gasteiger partial charge in [0, 0.05) is 28.3 Å². The van der Waals surface area contributed by atoms with Gasteiger partial charge in [-0.1, -0.05) is 77.8 Å². The second-order valence-corrected chi connectivity index (χ2v) is 10.7. The van der Waals surface area contributed by atoms with Crippen LogP contribution in [0.3, 0.4) is 0 Å². The highest BCUT2D eigenvalue weighted by atomic mass is 79.9. The number of nitrogens with one attached hydrogen (secondary N) is 2. The normalized spacial score (nSPS) is 10.9. The summed E-state index contributed by atoms with van der Waals surface area (Å²) in [6, 6.07) is 24.8. The van der Waals surface area contributed by atoms with Gasteiger partial charge in [0.2, 0.25) is 5.91 Å². The van der Waals surface area contributed by atoms with E-state index in [1.165, 1.54) is 4.90 Å². The molecule has 7 nitrogen and oxygen atoms in total. The predicted octanol–water partition coefficient (Wildman–Crippen LogP) is 7.05. The number of carbonyl (C=O) groups excluding carboxylic acids is 2. The smallest absolute Gasteiger partial charge is 0.315 e. The van der Waals surface area contributed by atoms with Crippen molar-refractivity contribution in [2.45, 2.75) is 27.7 Å². The number of carbonyl (C=O) groups is 2. The molecule has 0 radical (unpaired) electrons. The summed E-state index contributed by atoms with van der Waals surface area (Å²) in [6.07, 6.45) is 0. The summed E-state index contributed by atoms with van der Waals surface area (Å²) < 4.78 is 2.67. The summed E-state index contributed by atoms with van der Waals surface area (Å²) in [5.41, 5.74) is 5.41. The van der Waals surface area contributed by atoms with Crippen molar-refractivity contribution in [3.8, 4) is 16.9 Å². The van der Waals surface area contributed by atoms with Crippen molar-refractivity contribution in [1.82, 2.24) is 14.7 Å². The van der Waals surface area contributed by atoms with E-state index in [4.69, 9.17) is 5.10 Å². The van der Waals surface area contributed by atoms with E-state index < -0.39 is 0 Å². The van der Waals surface area contributed by atoms with Gasteiger partial charge < -0.3 is 15.5 Å². The van der Waals surface area contributed by atoms with Gasteiger partial charge >= 0.3 is 6.03 Å². The van der Waals surface area contributed by atoms with E-state index in [0.29, 0.717) is 18.1 Å². The van der Waals surface area contributed by atoms with E-state index >= 15 is 0 Å². The molecule has 0 unspecified atom stereocenters. The molecule has 4 rings (SSSR count). The molecule has 0 spiro atoms. The molecule has 38 heavy (non-hydrogen) atoms. The standard InChI is InChI=1S/C30H32BrN5O2/c1-20(2)18-35(30(38)32-25-13-11-24(31)12-14-25)19-29(37)33-28-17-26(23-8-6-5-7-9-23)34-36(28)27-15-10-21(3)16-22(27)4/h5-17,20H,18-19H2,1-4H3,(H,32,38)(H,33,37). The van der Waals surface area contributed by atoms with Crippen molar-refractivity contribution in [3.05, 3.63) is 94.5 Å². The quantitative estimate of drug-likeness (QED) is 0.237. The molecule has 1 aromatic heterocycles. The number of urea groups is 1. The topological polar surface area (TPSA) is 79.3 Å². The van der Waals surface area contributed by atoms with Gasteiger partial charge in [-0.2, -0.15) is 5.10 Å². The van der Waals surface area contributed by atoms with Crippen LogP contribution in [0.5, 0.6) is 0 Å². The van der Waals surface area contributed by atoms with Crippen LogP contribution >= 0.6 is 15.9 Å². The number of aromatic nitrogens is 2. The van der Waals surface area contributed by atoms with E-state index in [-0.39, 0.29) is 24.4 Å². The molecular weight excluding hydrogens is 542 g/mol. The minimum absolute atomic E-state index is 0.0979. The van der Waals surface area contributed by atoms with Crippen LogP contribution < -0.4 is 10.6 Å². The summed E-state index contributed by atoms with van der Waals surface area (Å²) in [5, 5.41) is 10.7. The highest BCUT2D eigenvalue weighted by Gasteiger charge is 2.21. The third kappa shape index (κ3) is 6.89. The Kier molecular flexibility index (Phi) is 8.63. The lowest BCUT2D eigenvalue weighted by molar-refractivity contribution is -0.116. The molecule has 0 saturated heterocycles. The van der Waals surface area contributed by atoms with Crippen LogP contribution in [0.4, 0.5) is 16.3 Å². The van der Waals surface area contributed by atoms with Gasteiger partial charge in [0.1, 0.15) is 12.4 Å². The largest absolute Gasteiger partial charge is 0.322 e. The maximum absolute atomic E-state index is 13.3. The Morgan fingerprint density at radius 3 is 2.32 bits per heavy atom. The Hall–Kier alpha value is -3.91. The first-order chi connectivity index (χ1) is 18.2. The van der Waals surface area contributed by atoms with Gasteiger partial charge in [0.15, 0.2) is 0 Å². The average Bonchev–Trinajstić information content (AvgIpc) is 3.28. The van der Waals surface area contributed by atoms with Gasteiger partial charge in [-0.3, -0.25) is 4.79 Å². The number of hydrogen-bond donors (Lipinski definition) is 2. The monoisotopic (exact) mass is 573 g/mol. The van der Waals surface area contributed by atoms with Gasteiger partial charge in [0.25, 0.3) is 0 Å². The first-order valence-electron chi connectivity index (χ1n) is 12.5. The number of nitrogens with zero attached hydrogens (tertiary/aromatic N) is 3. The van der Waals surface area contributed by atoms with Crippen LogP contribution in [-0.2, 0) is 4.79 Å². The maximum atomic E-state index is 13.3. The second-order valence-electron chi connectivity index (χ2n) is 9.74. The lowest BCUT2D eigenvalue weighted by Crippen LogP contribution is -2.42. The average molecular weight is 575 g/mol. The fraction of sp³-hybridized carbons (Fsp3) is 0.233. The lowest BCUT2D eigenvalue weighted by Gasteiger charge is -2.24. The van der Waals surface area contributed by atoms with E-state index in [2.05, 4.69) is 32.6 Å². The molecule has 4 aromatic rings. The molecule has 0 aliphatic rings. The minimum Gasteiger partial charge on any atom is -0.315 e. The molecule has 0 saturated carbocycles. The van der Waals surface area contributed by atoms with Crippen LogP contribution in [0, 0.1) is 19.8 Å². The molecular formula is C30H32BrN5O2. The number of anilines is 2. The minimum atomic E-state index is -0.330. The van der Waals surface area contributed by atoms with Crippen molar-refractivity contribution in [3.63, 3.8) is 0 Å². The fourth-order valence-corrected chi connectivity index (χ4v) is 4.46. The summed E-state index contributed by atoms with van der Waals surface area (Å²) >= 11 is 3.40. The summed E-state index contributed by atoms with van der Waals surface area (Å²) in [4.78, 5) is 27.9. The van der Waals surface area contributed by atoms with Crippen LogP contribution in [0.15, 0.2) is 83.3 Å². The van der Waals surface area contributed by atoms with Crippen LogP contribution in [-0.4, -0.2) is 39.7 Å². The number of benzene rings is 3. The zero-order valence-electron chi connectivity index (χ0n) is 22.0. The molecule has 2 N–H and O–H groups in total. The third-order valence-electron chi connectivity index (χ3n) is 5.93. The molecule has 3 aromatic carbocycles. The number of rotatable bonds is 8. The Bertz CT molecular complexity index is 1410. The molecule has 0 aliphatic carbocycles. The maximum Gasteiger partial charge on any atom is 0.322 e. The molecule has 0 atom stereocenters. The number of amides is 3. The molecule has 196 valence electrons. The first-order valence-corrected chi connectivity index (χ1v) is 13.3. The van der Waals surface area contributed by atoms with Gasteiger partial charge in [0.05, 0.1) is 11.4 Å². The number of aryl methyl sites for hydroxylation is 2. The van der Waals surface area contributed by atoms with Crippen molar-refractivity contribution in [1.29, 1.82) is 0 Å². The van der Waals surface area contributed by atoms with Crippen LogP contribution in [0.25, 0.3) is 16.9 Å². The Labute approximate surface area is 232 Å². The number of hydrogen-bond acceptors (Lipinski definition) is 3. The summed E-state index contributed by atoms with van der Waals surface area (Å²) in [6.45, 7) is 8.42. The van der Waals surface area contributed by atoms with Crippen molar-refractivity contribution >= 4 is 39.4 Å². The molecule has 0 bridgehead atoms.